The Morgan fingerprint density at radius 3 is 2.33 bits per heavy atom. The number of ether oxygens (including phenoxy) is 2. The van der Waals surface area contributed by atoms with Crippen molar-refractivity contribution in [2.75, 3.05) is 32.7 Å². The van der Waals surface area contributed by atoms with E-state index in [2.05, 4.69) is 0 Å². The van der Waals surface area contributed by atoms with E-state index >= 15 is 0 Å². The van der Waals surface area contributed by atoms with Crippen molar-refractivity contribution in [2.45, 2.75) is 18.4 Å². The average molecular weight is 465 g/mol. The van der Waals surface area contributed by atoms with Crippen molar-refractivity contribution in [2.24, 2.45) is 0 Å². The number of aryl methyl sites for hydroxylation is 1. The molecule has 0 unspecified atom stereocenters. The van der Waals surface area contributed by atoms with Gasteiger partial charge in [-0.25, -0.2) is 8.42 Å². The molecular weight excluding hydrogens is 436 g/mol. The van der Waals surface area contributed by atoms with Crippen molar-refractivity contribution in [3.63, 3.8) is 0 Å². The van der Waals surface area contributed by atoms with Crippen molar-refractivity contribution in [1.29, 1.82) is 0 Å². The van der Waals surface area contributed by atoms with Gasteiger partial charge < -0.3 is 14.4 Å². The zero-order valence-corrected chi connectivity index (χ0v) is 20.1. The smallest absolute Gasteiger partial charge is 0.243 e. The van der Waals surface area contributed by atoms with E-state index in [1.807, 2.05) is 79.6 Å². The van der Waals surface area contributed by atoms with Crippen LogP contribution in [-0.2, 0) is 16.6 Å². The van der Waals surface area contributed by atoms with E-state index in [9.17, 15) is 8.42 Å². The van der Waals surface area contributed by atoms with E-state index < -0.39 is 10.0 Å². The molecule has 6 nitrogen and oxygen atoms in total. The number of benzene rings is 3. The summed E-state index contributed by atoms with van der Waals surface area (Å²) in [5.41, 5.74) is 4.59. The Morgan fingerprint density at radius 2 is 1.64 bits per heavy atom. The summed E-state index contributed by atoms with van der Waals surface area (Å²) in [5, 5.41) is 0. The molecule has 0 radical (unpaired) electrons. The van der Waals surface area contributed by atoms with Gasteiger partial charge in [0.05, 0.1) is 24.8 Å². The molecule has 3 aromatic rings. The highest BCUT2D eigenvalue weighted by molar-refractivity contribution is 7.89. The van der Waals surface area contributed by atoms with Crippen LogP contribution in [0.25, 0.3) is 6.08 Å². The second kappa shape index (κ2) is 9.29. The van der Waals surface area contributed by atoms with Crippen LogP contribution >= 0.6 is 0 Å². The van der Waals surface area contributed by atoms with Crippen molar-refractivity contribution in [3.05, 3.63) is 83.4 Å². The lowest BCUT2D eigenvalue weighted by atomic mass is 10.1. The van der Waals surface area contributed by atoms with Gasteiger partial charge in [-0.05, 0) is 30.7 Å². The average Bonchev–Trinajstić information content (AvgIpc) is 2.83. The molecule has 0 atom stereocenters. The minimum absolute atomic E-state index is 0.225. The van der Waals surface area contributed by atoms with Gasteiger partial charge >= 0.3 is 0 Å². The summed E-state index contributed by atoms with van der Waals surface area (Å²) in [5.74, 6) is 1.34. The van der Waals surface area contributed by atoms with E-state index in [1.54, 1.807) is 26.4 Å². The topological polar surface area (TPSA) is 59.1 Å². The number of hydrogen-bond acceptors (Lipinski definition) is 5. The molecule has 0 N–H and O–H groups in total. The molecule has 0 saturated heterocycles. The van der Waals surface area contributed by atoms with Gasteiger partial charge in [-0.3, -0.25) is 0 Å². The standard InChI is InChI=1S/C26H28N2O4S/c1-19-11-13-22(14-12-19)33(29,30)28-15-7-9-23-25(16-21(31-3)17-26(23)32-4)27(2)24-10-6-5-8-20(24)18-28/h5-14,16-17H,15,18H2,1-4H3/b9-7-. The van der Waals surface area contributed by atoms with Crippen LogP contribution in [-0.4, -0.2) is 40.5 Å². The molecule has 1 aliphatic rings. The third kappa shape index (κ3) is 4.47. The number of nitrogens with zero attached hydrogens (tertiary/aromatic N) is 2. The Hall–Kier alpha value is -3.29. The number of hydrogen-bond donors (Lipinski definition) is 0. The largest absolute Gasteiger partial charge is 0.497 e. The summed E-state index contributed by atoms with van der Waals surface area (Å²) >= 11 is 0. The number of para-hydroxylation sites is 1. The molecule has 1 heterocycles. The lowest BCUT2D eigenvalue weighted by Crippen LogP contribution is -2.32. The predicted molar refractivity (Wildman–Crippen MR) is 132 cm³/mol. The van der Waals surface area contributed by atoms with E-state index in [1.165, 1.54) is 4.31 Å². The first-order chi connectivity index (χ1) is 15.8. The van der Waals surface area contributed by atoms with Crippen LogP contribution in [0, 0.1) is 6.92 Å². The summed E-state index contributed by atoms with van der Waals surface area (Å²) in [6, 6.07) is 18.6. The van der Waals surface area contributed by atoms with Gasteiger partial charge in [-0.15, -0.1) is 0 Å². The molecule has 0 fully saturated rings. The molecule has 0 bridgehead atoms. The zero-order valence-electron chi connectivity index (χ0n) is 19.3. The van der Waals surface area contributed by atoms with E-state index in [-0.39, 0.29) is 18.0 Å². The van der Waals surface area contributed by atoms with Crippen LogP contribution in [0.4, 0.5) is 11.4 Å². The van der Waals surface area contributed by atoms with Gasteiger partial charge in [0, 0.05) is 43.5 Å². The van der Waals surface area contributed by atoms with Crippen LogP contribution < -0.4 is 14.4 Å². The maximum Gasteiger partial charge on any atom is 0.243 e. The molecule has 1 aliphatic heterocycles. The molecule has 33 heavy (non-hydrogen) atoms. The van der Waals surface area contributed by atoms with Gasteiger partial charge in [0.25, 0.3) is 0 Å². The number of sulfonamides is 1. The fourth-order valence-corrected chi connectivity index (χ4v) is 5.38. The molecule has 7 heteroatoms. The quantitative estimate of drug-likeness (QED) is 0.544. The number of fused-ring (bicyclic) bond motifs is 2. The lowest BCUT2D eigenvalue weighted by molar-refractivity contribution is 0.394. The third-order valence-electron chi connectivity index (χ3n) is 5.86. The summed E-state index contributed by atoms with van der Waals surface area (Å²) in [6.07, 6.45) is 3.77. The number of methoxy groups -OCH3 is 2. The van der Waals surface area contributed by atoms with Gasteiger partial charge in [-0.1, -0.05) is 48.0 Å². The molecule has 0 spiro atoms. The van der Waals surface area contributed by atoms with Gasteiger partial charge in [0.2, 0.25) is 10.0 Å². The second-order valence-corrected chi connectivity index (χ2v) is 9.90. The maximum atomic E-state index is 13.5. The minimum atomic E-state index is -3.70. The van der Waals surface area contributed by atoms with Crippen molar-refractivity contribution < 1.29 is 17.9 Å². The second-order valence-electron chi connectivity index (χ2n) is 7.96. The van der Waals surface area contributed by atoms with Crippen LogP contribution in [0.3, 0.4) is 0 Å². The van der Waals surface area contributed by atoms with Crippen molar-refractivity contribution in [1.82, 2.24) is 4.31 Å². The Kier molecular flexibility index (Phi) is 6.44. The Labute approximate surface area is 195 Å². The van der Waals surface area contributed by atoms with Crippen LogP contribution in [0.5, 0.6) is 11.5 Å². The summed E-state index contributed by atoms with van der Waals surface area (Å²) in [6.45, 7) is 2.41. The first kappa shape index (κ1) is 22.9. The normalized spacial score (nSPS) is 15.3. The Morgan fingerprint density at radius 1 is 0.909 bits per heavy atom. The first-order valence-electron chi connectivity index (χ1n) is 10.7. The van der Waals surface area contributed by atoms with Crippen molar-refractivity contribution in [3.8, 4) is 11.5 Å². The third-order valence-corrected chi connectivity index (χ3v) is 7.69. The van der Waals surface area contributed by atoms with Crippen molar-refractivity contribution >= 4 is 27.5 Å². The summed E-state index contributed by atoms with van der Waals surface area (Å²) < 4.78 is 39.7. The van der Waals surface area contributed by atoms with Gasteiger partial charge in [0.1, 0.15) is 11.5 Å². The van der Waals surface area contributed by atoms with Crippen LogP contribution in [0.2, 0.25) is 0 Å². The summed E-state index contributed by atoms with van der Waals surface area (Å²) in [4.78, 5) is 2.33. The van der Waals surface area contributed by atoms with Crippen LogP contribution in [0.1, 0.15) is 16.7 Å². The SMILES string of the molecule is COc1cc(OC)c2c(c1)N(C)c1ccccc1CN(S(=O)(=O)c1ccc(C)cc1)C/C=C\2. The Bertz CT molecular complexity index is 1280. The number of rotatable bonds is 4. The highest BCUT2D eigenvalue weighted by Gasteiger charge is 2.26. The fourth-order valence-electron chi connectivity index (χ4n) is 4.01. The summed E-state index contributed by atoms with van der Waals surface area (Å²) in [7, 11) is 1.50. The Balaban J connectivity index is 1.88. The lowest BCUT2D eigenvalue weighted by Gasteiger charge is -2.29. The molecule has 0 aromatic heterocycles. The maximum absolute atomic E-state index is 13.5. The first-order valence-corrected chi connectivity index (χ1v) is 12.1. The minimum Gasteiger partial charge on any atom is -0.497 e. The van der Waals surface area contributed by atoms with Gasteiger partial charge in [0.15, 0.2) is 0 Å². The highest BCUT2D eigenvalue weighted by Crippen LogP contribution is 2.40. The fraction of sp³-hybridized carbons (Fsp3) is 0.231. The van der Waals surface area contributed by atoms with E-state index in [0.717, 1.165) is 28.1 Å². The molecule has 0 amide bonds. The molecule has 4 rings (SSSR count). The van der Waals surface area contributed by atoms with E-state index in [4.69, 9.17) is 9.47 Å². The zero-order chi connectivity index (χ0) is 23.6. The monoisotopic (exact) mass is 464 g/mol. The predicted octanol–water partition coefficient (Wildman–Crippen LogP) is 5.00. The van der Waals surface area contributed by atoms with E-state index in [0.29, 0.717) is 11.5 Å². The molecule has 3 aromatic carbocycles. The molecular formula is C26H28N2O4S. The molecule has 0 saturated carbocycles. The number of anilines is 2. The van der Waals surface area contributed by atoms with Gasteiger partial charge in [-0.2, -0.15) is 4.31 Å². The molecule has 172 valence electrons. The highest BCUT2D eigenvalue weighted by atomic mass is 32.2. The molecule has 0 aliphatic carbocycles. The van der Waals surface area contributed by atoms with Crippen LogP contribution in [0.15, 0.2) is 71.6 Å².